The lowest BCUT2D eigenvalue weighted by Crippen LogP contribution is -2.14. The lowest BCUT2D eigenvalue weighted by molar-refractivity contribution is 0.627. The standard InChI is InChI=1S/C12H9FN4O/c13-9-3-1-8(2-4-9)7-15-11-5-10(6-14)16-12(18)17-11/h1-5H,7H2,(H2,15,16,17,18). The van der Waals surface area contributed by atoms with Crippen LogP contribution in [0.1, 0.15) is 11.3 Å². The van der Waals surface area contributed by atoms with E-state index >= 15 is 0 Å². The lowest BCUT2D eigenvalue weighted by atomic mass is 10.2. The third kappa shape index (κ3) is 2.92. The van der Waals surface area contributed by atoms with Crippen LogP contribution in [0.2, 0.25) is 0 Å². The molecule has 90 valence electrons. The van der Waals surface area contributed by atoms with Gasteiger partial charge in [-0.05, 0) is 17.7 Å². The molecule has 6 heteroatoms. The summed E-state index contributed by atoms with van der Waals surface area (Å²) in [5.41, 5.74) is 0.393. The van der Waals surface area contributed by atoms with Gasteiger partial charge in [0.25, 0.3) is 0 Å². The van der Waals surface area contributed by atoms with E-state index in [4.69, 9.17) is 5.26 Å². The van der Waals surface area contributed by atoms with E-state index in [0.717, 1.165) is 5.56 Å². The first kappa shape index (κ1) is 11.8. The van der Waals surface area contributed by atoms with E-state index in [9.17, 15) is 9.18 Å². The normalized spacial score (nSPS) is 9.78. The highest BCUT2D eigenvalue weighted by Gasteiger charge is 2.00. The van der Waals surface area contributed by atoms with Crippen LogP contribution in [0.15, 0.2) is 35.1 Å². The molecule has 0 aliphatic rings. The molecule has 0 amide bonds. The van der Waals surface area contributed by atoms with Gasteiger partial charge in [-0.3, -0.25) is 4.98 Å². The molecule has 0 atom stereocenters. The molecule has 0 aliphatic heterocycles. The third-order valence-corrected chi connectivity index (χ3v) is 2.25. The Hall–Kier alpha value is -2.68. The predicted molar refractivity (Wildman–Crippen MR) is 63.3 cm³/mol. The smallest absolute Gasteiger partial charge is 0.347 e. The SMILES string of the molecule is N#Cc1cc(NCc2ccc(F)cc2)nc(=O)[nH]1. The topological polar surface area (TPSA) is 81.6 Å². The second-order valence-electron chi connectivity index (χ2n) is 3.58. The maximum Gasteiger partial charge on any atom is 0.347 e. The number of hydrogen-bond donors (Lipinski definition) is 2. The van der Waals surface area contributed by atoms with Crippen LogP contribution >= 0.6 is 0 Å². The first-order valence-corrected chi connectivity index (χ1v) is 5.17. The van der Waals surface area contributed by atoms with Crippen molar-refractivity contribution in [3.8, 4) is 6.07 Å². The summed E-state index contributed by atoms with van der Waals surface area (Å²) in [6.07, 6.45) is 0. The van der Waals surface area contributed by atoms with Crippen molar-refractivity contribution in [2.24, 2.45) is 0 Å². The molecule has 1 aromatic carbocycles. The molecule has 1 heterocycles. The summed E-state index contributed by atoms with van der Waals surface area (Å²) in [4.78, 5) is 17.1. The van der Waals surface area contributed by atoms with Gasteiger partial charge >= 0.3 is 5.69 Å². The van der Waals surface area contributed by atoms with Crippen LogP contribution in [0.5, 0.6) is 0 Å². The zero-order valence-corrected chi connectivity index (χ0v) is 9.27. The quantitative estimate of drug-likeness (QED) is 0.854. The van der Waals surface area contributed by atoms with Gasteiger partial charge in [-0.2, -0.15) is 10.2 Å². The van der Waals surface area contributed by atoms with E-state index in [-0.39, 0.29) is 11.5 Å². The van der Waals surface area contributed by atoms with Gasteiger partial charge in [-0.15, -0.1) is 0 Å². The van der Waals surface area contributed by atoms with Crippen LogP contribution < -0.4 is 11.0 Å². The molecular formula is C12H9FN4O. The van der Waals surface area contributed by atoms with Gasteiger partial charge in [0.2, 0.25) is 0 Å². The van der Waals surface area contributed by atoms with Crippen LogP contribution in [-0.2, 0) is 6.54 Å². The van der Waals surface area contributed by atoms with Gasteiger partial charge < -0.3 is 5.32 Å². The van der Waals surface area contributed by atoms with Crippen molar-refractivity contribution >= 4 is 5.82 Å². The summed E-state index contributed by atoms with van der Waals surface area (Å²) in [6, 6.07) is 9.22. The average Bonchev–Trinajstić information content (AvgIpc) is 2.37. The monoisotopic (exact) mass is 244 g/mol. The van der Waals surface area contributed by atoms with Gasteiger partial charge in [0, 0.05) is 12.6 Å². The molecular weight excluding hydrogens is 235 g/mol. The molecule has 0 unspecified atom stereocenters. The fraction of sp³-hybridized carbons (Fsp3) is 0.0833. The molecule has 2 aromatic rings. The Balaban J connectivity index is 2.11. The summed E-state index contributed by atoms with van der Waals surface area (Å²) in [7, 11) is 0. The van der Waals surface area contributed by atoms with Gasteiger partial charge in [-0.1, -0.05) is 12.1 Å². The molecule has 5 nitrogen and oxygen atoms in total. The lowest BCUT2D eigenvalue weighted by Gasteiger charge is -2.05. The van der Waals surface area contributed by atoms with Crippen molar-refractivity contribution in [1.29, 1.82) is 5.26 Å². The van der Waals surface area contributed by atoms with Crippen molar-refractivity contribution in [2.45, 2.75) is 6.54 Å². The summed E-state index contributed by atoms with van der Waals surface area (Å²) >= 11 is 0. The second kappa shape index (κ2) is 5.10. The number of anilines is 1. The van der Waals surface area contributed by atoms with Crippen LogP contribution in [0.4, 0.5) is 10.2 Å². The largest absolute Gasteiger partial charge is 0.366 e. The molecule has 18 heavy (non-hydrogen) atoms. The molecule has 1 aromatic heterocycles. The predicted octanol–water partition coefficient (Wildman–Crippen LogP) is 1.39. The second-order valence-corrected chi connectivity index (χ2v) is 3.58. The number of nitrogens with zero attached hydrogens (tertiary/aromatic N) is 2. The van der Waals surface area contributed by atoms with E-state index in [1.54, 1.807) is 12.1 Å². The fourth-order valence-electron chi connectivity index (χ4n) is 1.40. The number of H-pyrrole nitrogens is 1. The maximum atomic E-state index is 12.7. The number of hydrogen-bond acceptors (Lipinski definition) is 4. The minimum absolute atomic E-state index is 0.136. The Kier molecular flexibility index (Phi) is 3.34. The van der Waals surface area contributed by atoms with Gasteiger partial charge in [-0.25, -0.2) is 9.18 Å². The van der Waals surface area contributed by atoms with Crippen LogP contribution in [0, 0.1) is 17.1 Å². The molecule has 2 N–H and O–H groups in total. The van der Waals surface area contributed by atoms with E-state index in [0.29, 0.717) is 12.4 Å². The van der Waals surface area contributed by atoms with Crippen LogP contribution in [0.25, 0.3) is 0 Å². The number of aromatic nitrogens is 2. The van der Waals surface area contributed by atoms with Crippen LogP contribution in [-0.4, -0.2) is 9.97 Å². The van der Waals surface area contributed by atoms with Crippen LogP contribution in [0.3, 0.4) is 0 Å². The van der Waals surface area contributed by atoms with Crippen molar-refractivity contribution in [1.82, 2.24) is 9.97 Å². The molecule has 0 saturated carbocycles. The van der Waals surface area contributed by atoms with Crippen molar-refractivity contribution < 1.29 is 4.39 Å². The van der Waals surface area contributed by atoms with Crippen molar-refractivity contribution in [3.05, 3.63) is 57.9 Å². The number of aromatic amines is 1. The van der Waals surface area contributed by atoms with Gasteiger partial charge in [0.05, 0.1) is 0 Å². The van der Waals surface area contributed by atoms with Crippen molar-refractivity contribution in [3.63, 3.8) is 0 Å². The van der Waals surface area contributed by atoms with E-state index in [1.165, 1.54) is 18.2 Å². The summed E-state index contributed by atoms with van der Waals surface area (Å²) in [5, 5.41) is 11.6. The first-order chi connectivity index (χ1) is 8.67. The maximum absolute atomic E-state index is 12.7. The molecule has 0 fully saturated rings. The summed E-state index contributed by atoms with van der Waals surface area (Å²) in [6.45, 7) is 0.390. The Morgan fingerprint density at radius 1 is 1.39 bits per heavy atom. The average molecular weight is 244 g/mol. The third-order valence-electron chi connectivity index (χ3n) is 2.25. The zero-order chi connectivity index (χ0) is 13.0. The first-order valence-electron chi connectivity index (χ1n) is 5.17. The minimum atomic E-state index is -0.587. The van der Waals surface area contributed by atoms with E-state index < -0.39 is 5.69 Å². The molecule has 0 aliphatic carbocycles. The number of benzene rings is 1. The Morgan fingerprint density at radius 3 is 2.78 bits per heavy atom. The summed E-state index contributed by atoms with van der Waals surface area (Å²) < 4.78 is 12.7. The molecule has 0 radical (unpaired) electrons. The number of nitrogens with one attached hydrogen (secondary N) is 2. The Morgan fingerprint density at radius 2 is 2.11 bits per heavy atom. The molecule has 0 saturated heterocycles. The molecule has 0 spiro atoms. The van der Waals surface area contributed by atoms with Crippen molar-refractivity contribution in [2.75, 3.05) is 5.32 Å². The highest BCUT2D eigenvalue weighted by molar-refractivity contribution is 5.39. The number of nitriles is 1. The Labute approximate surface area is 102 Å². The fourth-order valence-corrected chi connectivity index (χ4v) is 1.40. The summed E-state index contributed by atoms with van der Waals surface area (Å²) in [5.74, 6) is -0.000535. The highest BCUT2D eigenvalue weighted by Crippen LogP contribution is 2.06. The number of halogens is 1. The Bertz CT molecular complexity index is 642. The number of rotatable bonds is 3. The van der Waals surface area contributed by atoms with Gasteiger partial charge in [0.1, 0.15) is 23.4 Å². The van der Waals surface area contributed by atoms with Gasteiger partial charge in [0.15, 0.2) is 0 Å². The molecule has 0 bridgehead atoms. The van der Waals surface area contributed by atoms with E-state index in [2.05, 4.69) is 15.3 Å². The minimum Gasteiger partial charge on any atom is -0.366 e. The molecule has 2 rings (SSSR count). The highest BCUT2D eigenvalue weighted by atomic mass is 19.1. The van der Waals surface area contributed by atoms with E-state index in [1.807, 2.05) is 6.07 Å². The zero-order valence-electron chi connectivity index (χ0n) is 9.27.